The monoisotopic (exact) mass is 1990 g/mol. The van der Waals surface area contributed by atoms with Gasteiger partial charge < -0.3 is 77.1 Å². The Labute approximate surface area is 818 Å². The normalized spacial score (nSPS) is 20.6. The van der Waals surface area contributed by atoms with Crippen LogP contribution in [0.5, 0.6) is 0 Å². The summed E-state index contributed by atoms with van der Waals surface area (Å²) in [4.78, 5) is 139. The zero-order chi connectivity index (χ0) is 100. The van der Waals surface area contributed by atoms with Crippen molar-refractivity contribution in [2.24, 2.45) is 0 Å². The number of carbonyl (C=O) groups is 8. The number of carbonyl (C=O) groups excluding carboxylic acids is 8. The number of aryl methyl sites for hydroxylation is 1. The van der Waals surface area contributed by atoms with Crippen LogP contribution < -0.4 is 0 Å². The molecule has 0 aromatic heterocycles. The minimum atomic E-state index is -4.41. The molecule has 8 amide bonds. The summed E-state index contributed by atoms with van der Waals surface area (Å²) < 4.78 is 80.4. The summed E-state index contributed by atoms with van der Waals surface area (Å²) in [5.74, 6) is -0.337. The molecule has 0 saturated carbocycles. The number of hydrogen-bond donors (Lipinski definition) is 0. The average Bonchev–Trinajstić information content (AvgIpc) is 0.657. The van der Waals surface area contributed by atoms with Gasteiger partial charge in [-0.3, -0.25) is 68.7 Å². The minimum Gasteiger partial charge on any atom is -0.367 e. The van der Waals surface area contributed by atoms with Gasteiger partial charge in [-0.25, -0.2) is 0 Å². The number of hydrogen-bond acceptors (Lipinski definition) is 22. The first-order valence-corrected chi connectivity index (χ1v) is 46.3. The molecule has 8 heterocycles. The fourth-order valence-electron chi connectivity index (χ4n) is 15.0. The van der Waals surface area contributed by atoms with Crippen LogP contribution in [-0.4, -0.2) is 255 Å². The Hall–Kier alpha value is -11.7. The molecule has 0 aliphatic carbocycles. The number of nitro groups is 3. The second-order valence-corrected chi connectivity index (χ2v) is 34.7. The number of halogens is 7. The van der Waals surface area contributed by atoms with E-state index in [1.54, 1.807) is 134 Å². The lowest BCUT2D eigenvalue weighted by Gasteiger charge is -2.31. The third-order valence-electron chi connectivity index (χ3n) is 22.8. The Morgan fingerprint density at radius 1 is 0.297 bits per heavy atom. The quantitative estimate of drug-likeness (QED) is 0.0536. The molecule has 8 fully saturated rings. The van der Waals surface area contributed by atoms with Gasteiger partial charge in [0.1, 0.15) is 48.8 Å². The van der Waals surface area contributed by atoms with Gasteiger partial charge in [0.2, 0.25) is 0 Å². The topological polar surface area (TPSA) is 366 Å². The Morgan fingerprint density at radius 3 is 0.935 bits per heavy atom. The van der Waals surface area contributed by atoms with Crippen LogP contribution in [0.25, 0.3) is 0 Å². The van der Waals surface area contributed by atoms with Crippen molar-refractivity contribution in [2.75, 3.05) is 105 Å². The van der Waals surface area contributed by atoms with Gasteiger partial charge in [0.25, 0.3) is 64.3 Å². The summed E-state index contributed by atoms with van der Waals surface area (Å²) in [5, 5.41) is 34.7. The highest BCUT2D eigenvalue weighted by atomic mass is 35.5. The van der Waals surface area contributed by atoms with E-state index in [9.17, 15) is 81.9 Å². The summed E-state index contributed by atoms with van der Waals surface area (Å²) in [7, 11) is 0. The lowest BCUT2D eigenvalue weighted by molar-refractivity contribution is -0.385. The molecule has 8 aliphatic heterocycles. The number of benzene rings is 8. The van der Waals surface area contributed by atoms with Crippen molar-refractivity contribution in [3.05, 3.63) is 294 Å². The van der Waals surface area contributed by atoms with Gasteiger partial charge in [0.15, 0.2) is 0 Å². The maximum atomic E-state index is 12.8. The Bertz CT molecular complexity index is 5370. The smallest absolute Gasteiger partial charge is 0.367 e. The molecule has 138 heavy (non-hydrogen) atoms. The average molecular weight is 2000 g/mol. The number of nitro benzene ring substituents is 3. The van der Waals surface area contributed by atoms with Gasteiger partial charge in [0, 0.05) is 154 Å². The molecule has 8 aromatic carbocycles. The van der Waals surface area contributed by atoms with Crippen LogP contribution in [0.15, 0.2) is 188 Å². The van der Waals surface area contributed by atoms with Crippen molar-refractivity contribution in [1.29, 1.82) is 0 Å². The number of morpholine rings is 8. The number of nitrogens with zero attached hydrogens (tertiary/aromatic N) is 11. The van der Waals surface area contributed by atoms with E-state index >= 15 is 0 Å². The maximum Gasteiger partial charge on any atom is 0.416 e. The molecule has 8 saturated heterocycles. The van der Waals surface area contributed by atoms with Crippen LogP contribution in [0, 0.1) is 37.3 Å². The van der Waals surface area contributed by atoms with Crippen LogP contribution in [-0.2, 0) is 135 Å². The molecule has 8 aromatic rings. The van der Waals surface area contributed by atoms with Crippen LogP contribution in [0.2, 0.25) is 20.1 Å². The van der Waals surface area contributed by atoms with Crippen molar-refractivity contribution in [2.45, 2.75) is 170 Å². The second-order valence-electron chi connectivity index (χ2n) is 33.0. The number of ether oxygens (including phenoxy) is 8. The van der Waals surface area contributed by atoms with E-state index in [4.69, 9.17) is 84.3 Å². The molecule has 0 N–H and O–H groups in total. The van der Waals surface area contributed by atoms with Crippen LogP contribution in [0.3, 0.4) is 0 Å². The lowest BCUT2D eigenvalue weighted by atomic mass is 10.1. The molecule has 40 heteroatoms. The Kier molecular flexibility index (Phi) is 43.1. The van der Waals surface area contributed by atoms with Gasteiger partial charge in [0.05, 0.1) is 79.7 Å². The molecular weight excluding hydrogens is 1880 g/mol. The van der Waals surface area contributed by atoms with E-state index in [0.29, 0.717) is 170 Å². The number of non-ortho nitro benzene ring substituents is 2. The molecule has 0 radical (unpaired) electrons. The van der Waals surface area contributed by atoms with E-state index in [-0.39, 0.29) is 107 Å². The first-order valence-electron chi connectivity index (χ1n) is 44.8. The van der Waals surface area contributed by atoms with E-state index in [0.717, 1.165) is 33.9 Å². The predicted molar refractivity (Wildman–Crippen MR) is 508 cm³/mol. The van der Waals surface area contributed by atoms with Crippen LogP contribution in [0.1, 0.15) is 111 Å². The van der Waals surface area contributed by atoms with Crippen LogP contribution in [0.4, 0.5) is 30.2 Å². The third-order valence-corrected chi connectivity index (χ3v) is 24.0. The Morgan fingerprint density at radius 2 is 0.587 bits per heavy atom. The van der Waals surface area contributed by atoms with Crippen LogP contribution >= 0.6 is 46.4 Å². The highest BCUT2D eigenvalue weighted by Crippen LogP contribution is 2.34. The lowest BCUT2D eigenvalue weighted by Crippen LogP contribution is -2.46. The molecule has 16 rings (SSSR count). The maximum absolute atomic E-state index is 12.8. The van der Waals surface area contributed by atoms with E-state index in [1.165, 1.54) is 58.5 Å². The molecule has 8 unspecified atom stereocenters. The predicted octanol–water partition coefficient (Wildman–Crippen LogP) is 15.1. The zero-order valence-corrected chi connectivity index (χ0v) is 81.1. The van der Waals surface area contributed by atoms with E-state index in [1.807, 2.05) is 71.3 Å². The Balaban J connectivity index is 0.000000177. The highest BCUT2D eigenvalue weighted by Gasteiger charge is 2.37. The van der Waals surface area contributed by atoms with Gasteiger partial charge >= 0.3 is 6.18 Å². The number of rotatable bonds is 19. The van der Waals surface area contributed by atoms with Crippen molar-refractivity contribution in [1.82, 2.24) is 39.2 Å². The standard InChI is InChI=1S/C13H14F3NO2.C13H17NO2.C12H13Cl2NO2.2C12H14ClNO2.3C12H14N2O4/c1-9-12(18)17(6-7-19-9)8-10-4-2-3-5-11(10)13(14,15)16;1-10-3-5-12(6-4-10)9-14-7-8-16-11(2)13(14)15;1-8-12(16)15(4-5-17-8)7-9-2-3-10(13)6-11(9)14;1-9-12(15)14(6-7-16-9)8-10-2-4-11(13)5-3-10;1-9-12(15)14(6-7-16-9)8-10-4-2-3-5-11(10)13;1-9-12(15)13(6-7-18-9)8-10-2-4-11(5-3-10)14(16)17;1-9-12(15)13(5-6-18-9)8-10-3-2-4-11(7-10)14(16)17;1-9-12(15)13(6-7-18-9)8-10-4-2-3-5-11(10)14(16)17/h2-5,9H,6-8H2,1H3;3-6,11H,7-9H2,1-2H3;2-3,6,8H,4-5,7H2,1H3;2*2-5,9H,6-8H2,1H3;2-5,9H,6-8H2,1H3;2-4,7,9H,5-6,8H2,1H3;2-5,9H,6-8H2,1H3. The largest absolute Gasteiger partial charge is 0.416 e. The van der Waals surface area contributed by atoms with E-state index < -0.39 is 50.9 Å². The molecule has 742 valence electrons. The SMILES string of the molecule is CC1OCCN(Cc2ccc(Cl)cc2)C1=O.CC1OCCN(Cc2ccc(Cl)cc2Cl)C1=O.CC1OCCN(Cc2ccc([N+](=O)[O-])cc2)C1=O.CC1OCCN(Cc2cccc([N+](=O)[O-])c2)C1=O.CC1OCCN(Cc2ccccc2C(F)(F)F)C1=O.CC1OCCN(Cc2ccccc2Cl)C1=O.CC1OCCN(Cc2ccccc2[N+](=O)[O-])C1=O.Cc1ccc(CN2CCOC(C)C2=O)cc1. The fourth-order valence-corrected chi connectivity index (χ4v) is 15.8. The molecule has 0 bridgehead atoms. The molecule has 0 spiro atoms. The van der Waals surface area contributed by atoms with Gasteiger partial charge in [-0.15, -0.1) is 0 Å². The van der Waals surface area contributed by atoms with Crippen molar-refractivity contribution < 1.29 is 104 Å². The van der Waals surface area contributed by atoms with Gasteiger partial charge in [-0.1, -0.05) is 173 Å². The molecule has 8 atom stereocenters. The zero-order valence-electron chi connectivity index (χ0n) is 78.0. The number of amides is 8. The van der Waals surface area contributed by atoms with Gasteiger partial charge in [-0.05, 0) is 138 Å². The van der Waals surface area contributed by atoms with E-state index in [2.05, 4.69) is 31.2 Å². The first kappa shape index (κ1) is 110. The second kappa shape index (κ2) is 54.1. The molecule has 33 nitrogen and oxygen atoms in total. The summed E-state index contributed by atoms with van der Waals surface area (Å²) in [6.45, 7) is 28.1. The van der Waals surface area contributed by atoms with Crippen molar-refractivity contribution in [3.8, 4) is 0 Å². The summed E-state index contributed by atoms with van der Waals surface area (Å²) >= 11 is 23.8. The van der Waals surface area contributed by atoms with Crippen molar-refractivity contribution in [3.63, 3.8) is 0 Å². The number of alkyl halides is 3. The minimum absolute atomic E-state index is 0.00210. The van der Waals surface area contributed by atoms with Gasteiger partial charge in [-0.2, -0.15) is 13.2 Å². The summed E-state index contributed by atoms with van der Waals surface area (Å²) in [6.07, 6.45) is -7.62. The fraction of sp³-hybridized carbons (Fsp3) is 0.429. The first-order chi connectivity index (χ1) is 65.7. The molecule has 8 aliphatic rings. The van der Waals surface area contributed by atoms with Crippen molar-refractivity contribution >= 4 is 111 Å². The third kappa shape index (κ3) is 33.9. The number of para-hydroxylation sites is 1. The molecular formula is C98H114Cl4F3N11O22. The summed E-state index contributed by atoms with van der Waals surface area (Å²) in [5.41, 5.74) is 7.13. The highest BCUT2D eigenvalue weighted by molar-refractivity contribution is 6.35. The summed E-state index contributed by atoms with van der Waals surface area (Å²) in [6, 6.07) is 53.1.